The first kappa shape index (κ1) is 16.2. The van der Waals surface area contributed by atoms with Crippen molar-refractivity contribution in [2.45, 2.75) is 45.5 Å². The molecule has 122 valence electrons. The number of ether oxygens (including phenoxy) is 2. The van der Waals surface area contributed by atoms with Crippen LogP contribution in [0.4, 0.5) is 0 Å². The van der Waals surface area contributed by atoms with Gasteiger partial charge in [-0.1, -0.05) is 23.7 Å². The number of aliphatic hydroxyl groups is 1. The van der Waals surface area contributed by atoms with E-state index in [-0.39, 0.29) is 5.60 Å². The molecule has 0 spiro atoms. The third-order valence-corrected chi connectivity index (χ3v) is 4.30. The van der Waals surface area contributed by atoms with Gasteiger partial charge in [0.2, 0.25) is 0 Å². The standard InChI is InChI=1S/C19H21ClO3/c1-12-8-15(22-11-13-4-6-14(20)7-5-13)9-17-18(12)16(21)10-19(2,3)23-17/h4-9,16,21H,10-11H2,1-3H3/t16-/m0/s1. The highest BCUT2D eigenvalue weighted by atomic mass is 35.5. The van der Waals surface area contributed by atoms with Crippen LogP contribution in [0.5, 0.6) is 11.5 Å². The predicted octanol–water partition coefficient (Wildman–Crippen LogP) is 4.82. The van der Waals surface area contributed by atoms with E-state index in [2.05, 4.69) is 0 Å². The molecule has 0 bridgehead atoms. The SMILES string of the molecule is Cc1cc(OCc2ccc(Cl)cc2)cc2c1[C@@H](O)CC(C)(C)O2. The molecule has 1 aliphatic rings. The second-order valence-corrected chi connectivity index (χ2v) is 7.09. The maximum Gasteiger partial charge on any atom is 0.129 e. The van der Waals surface area contributed by atoms with Gasteiger partial charge in [0.15, 0.2) is 0 Å². The van der Waals surface area contributed by atoms with Crippen molar-refractivity contribution in [1.29, 1.82) is 0 Å². The van der Waals surface area contributed by atoms with Gasteiger partial charge in [0.1, 0.15) is 23.7 Å². The molecule has 0 unspecified atom stereocenters. The van der Waals surface area contributed by atoms with Crippen LogP contribution in [0.25, 0.3) is 0 Å². The molecule has 0 radical (unpaired) electrons. The number of benzene rings is 2. The van der Waals surface area contributed by atoms with Crippen LogP contribution in [0, 0.1) is 6.92 Å². The van der Waals surface area contributed by atoms with Crippen LogP contribution in [0.15, 0.2) is 36.4 Å². The van der Waals surface area contributed by atoms with Gasteiger partial charge in [0.25, 0.3) is 0 Å². The molecular weight excluding hydrogens is 312 g/mol. The Kier molecular flexibility index (Phi) is 4.26. The molecule has 2 aromatic carbocycles. The number of hydrogen-bond acceptors (Lipinski definition) is 3. The molecule has 0 fully saturated rings. The summed E-state index contributed by atoms with van der Waals surface area (Å²) >= 11 is 5.89. The molecule has 1 atom stereocenters. The normalized spacial score (nSPS) is 18.9. The first-order chi connectivity index (χ1) is 10.8. The van der Waals surface area contributed by atoms with Crippen molar-refractivity contribution in [3.05, 3.63) is 58.1 Å². The molecule has 23 heavy (non-hydrogen) atoms. The molecule has 3 rings (SSSR count). The van der Waals surface area contributed by atoms with Gasteiger partial charge in [0.05, 0.1) is 6.10 Å². The van der Waals surface area contributed by atoms with Crippen LogP contribution < -0.4 is 9.47 Å². The predicted molar refractivity (Wildman–Crippen MR) is 91.2 cm³/mol. The number of aryl methyl sites for hydroxylation is 1. The second-order valence-electron chi connectivity index (χ2n) is 6.65. The lowest BCUT2D eigenvalue weighted by molar-refractivity contribution is 0.0109. The average Bonchev–Trinajstić information content (AvgIpc) is 2.44. The van der Waals surface area contributed by atoms with Gasteiger partial charge in [0, 0.05) is 23.1 Å². The maximum absolute atomic E-state index is 10.4. The van der Waals surface area contributed by atoms with Crippen molar-refractivity contribution in [3.8, 4) is 11.5 Å². The van der Waals surface area contributed by atoms with Crippen molar-refractivity contribution in [1.82, 2.24) is 0 Å². The highest BCUT2D eigenvalue weighted by Crippen LogP contribution is 2.43. The Hall–Kier alpha value is -1.71. The fourth-order valence-electron chi connectivity index (χ4n) is 2.98. The summed E-state index contributed by atoms with van der Waals surface area (Å²) in [6.07, 6.45) is 0.0882. The summed E-state index contributed by atoms with van der Waals surface area (Å²) < 4.78 is 11.9. The smallest absolute Gasteiger partial charge is 0.129 e. The maximum atomic E-state index is 10.4. The Morgan fingerprint density at radius 2 is 1.96 bits per heavy atom. The third kappa shape index (κ3) is 3.62. The molecular formula is C19H21ClO3. The van der Waals surface area contributed by atoms with E-state index in [1.165, 1.54) is 0 Å². The zero-order valence-corrected chi connectivity index (χ0v) is 14.4. The first-order valence-electron chi connectivity index (χ1n) is 7.73. The number of rotatable bonds is 3. The average molecular weight is 333 g/mol. The molecule has 0 aromatic heterocycles. The van der Waals surface area contributed by atoms with Gasteiger partial charge in [-0.25, -0.2) is 0 Å². The first-order valence-corrected chi connectivity index (χ1v) is 8.11. The molecule has 1 aliphatic heterocycles. The lowest BCUT2D eigenvalue weighted by atomic mass is 9.89. The van der Waals surface area contributed by atoms with Crippen LogP contribution in [0.3, 0.4) is 0 Å². The van der Waals surface area contributed by atoms with Gasteiger partial charge >= 0.3 is 0 Å². The van der Waals surface area contributed by atoms with Gasteiger partial charge in [-0.15, -0.1) is 0 Å². The topological polar surface area (TPSA) is 38.7 Å². The van der Waals surface area contributed by atoms with Crippen LogP contribution in [0.1, 0.15) is 43.1 Å². The molecule has 0 saturated carbocycles. The molecule has 0 aliphatic carbocycles. The summed E-state index contributed by atoms with van der Waals surface area (Å²) in [4.78, 5) is 0. The summed E-state index contributed by atoms with van der Waals surface area (Å²) in [7, 11) is 0. The summed E-state index contributed by atoms with van der Waals surface area (Å²) in [5.41, 5.74) is 2.51. The Bertz CT molecular complexity index is 707. The van der Waals surface area contributed by atoms with E-state index in [0.29, 0.717) is 23.8 Å². The summed E-state index contributed by atoms with van der Waals surface area (Å²) in [6.45, 7) is 6.39. The largest absolute Gasteiger partial charge is 0.489 e. The minimum absolute atomic E-state index is 0.381. The van der Waals surface area contributed by atoms with E-state index >= 15 is 0 Å². The number of aliphatic hydroxyl groups excluding tert-OH is 1. The molecule has 0 amide bonds. The molecule has 4 heteroatoms. The molecule has 1 heterocycles. The van der Waals surface area contributed by atoms with Crippen molar-refractivity contribution >= 4 is 11.6 Å². The van der Waals surface area contributed by atoms with Crippen molar-refractivity contribution in [2.24, 2.45) is 0 Å². The van der Waals surface area contributed by atoms with Gasteiger partial charge in [-0.2, -0.15) is 0 Å². The van der Waals surface area contributed by atoms with E-state index in [0.717, 1.165) is 22.4 Å². The monoisotopic (exact) mass is 332 g/mol. The quantitative estimate of drug-likeness (QED) is 0.875. The molecule has 1 N–H and O–H groups in total. The van der Waals surface area contributed by atoms with E-state index in [9.17, 15) is 5.11 Å². The van der Waals surface area contributed by atoms with Crippen LogP contribution in [-0.4, -0.2) is 10.7 Å². The van der Waals surface area contributed by atoms with Crippen LogP contribution in [-0.2, 0) is 6.61 Å². The highest BCUT2D eigenvalue weighted by molar-refractivity contribution is 6.30. The Morgan fingerprint density at radius 1 is 1.26 bits per heavy atom. The molecule has 0 saturated heterocycles. The summed E-state index contributed by atoms with van der Waals surface area (Å²) in [6, 6.07) is 11.4. The van der Waals surface area contributed by atoms with E-state index < -0.39 is 6.10 Å². The van der Waals surface area contributed by atoms with Gasteiger partial charge in [-0.3, -0.25) is 0 Å². The van der Waals surface area contributed by atoms with E-state index in [1.807, 2.05) is 57.2 Å². The summed E-state index contributed by atoms with van der Waals surface area (Å²) in [5, 5.41) is 11.1. The molecule has 3 nitrogen and oxygen atoms in total. The van der Waals surface area contributed by atoms with Crippen molar-refractivity contribution in [2.75, 3.05) is 0 Å². The lowest BCUT2D eigenvalue weighted by Crippen LogP contribution is -2.35. The fraction of sp³-hybridized carbons (Fsp3) is 0.368. The fourth-order valence-corrected chi connectivity index (χ4v) is 3.11. The number of halogens is 1. The Morgan fingerprint density at radius 3 is 2.65 bits per heavy atom. The lowest BCUT2D eigenvalue weighted by Gasteiger charge is -2.36. The minimum Gasteiger partial charge on any atom is -0.489 e. The van der Waals surface area contributed by atoms with Crippen molar-refractivity contribution < 1.29 is 14.6 Å². The highest BCUT2D eigenvalue weighted by Gasteiger charge is 2.34. The van der Waals surface area contributed by atoms with Crippen LogP contribution in [0.2, 0.25) is 5.02 Å². The van der Waals surface area contributed by atoms with E-state index in [1.54, 1.807) is 0 Å². The third-order valence-electron chi connectivity index (χ3n) is 4.05. The Labute approximate surface area is 141 Å². The van der Waals surface area contributed by atoms with Crippen molar-refractivity contribution in [3.63, 3.8) is 0 Å². The number of fused-ring (bicyclic) bond motifs is 1. The molecule has 2 aromatic rings. The van der Waals surface area contributed by atoms with E-state index in [4.69, 9.17) is 21.1 Å². The van der Waals surface area contributed by atoms with Gasteiger partial charge < -0.3 is 14.6 Å². The minimum atomic E-state index is -0.501. The number of hydrogen-bond donors (Lipinski definition) is 1. The van der Waals surface area contributed by atoms with Gasteiger partial charge in [-0.05, 0) is 50.1 Å². The zero-order chi connectivity index (χ0) is 16.6. The zero-order valence-electron chi connectivity index (χ0n) is 13.6. The summed E-state index contributed by atoms with van der Waals surface area (Å²) in [5.74, 6) is 1.45. The Balaban J connectivity index is 1.82. The van der Waals surface area contributed by atoms with Crippen LogP contribution >= 0.6 is 11.6 Å². The second kappa shape index (κ2) is 6.06.